The molecule has 0 radical (unpaired) electrons. The Labute approximate surface area is 134 Å². The number of aromatic nitrogens is 4. The first-order chi connectivity index (χ1) is 11.3. The molecule has 1 aliphatic carbocycles. The van der Waals surface area contributed by atoms with E-state index in [0.717, 1.165) is 17.7 Å². The third-order valence-corrected chi connectivity index (χ3v) is 4.40. The van der Waals surface area contributed by atoms with Gasteiger partial charge in [-0.25, -0.2) is 9.48 Å². The van der Waals surface area contributed by atoms with Gasteiger partial charge in [-0.05, 0) is 25.3 Å². The molecular weight excluding hydrogens is 294 g/mol. The molecule has 2 fully saturated rings. The molecule has 4 rings (SSSR count). The molecule has 2 aromatic rings. The fourth-order valence-electron chi connectivity index (χ4n) is 2.88. The molecule has 7 heteroatoms. The number of hydrogen-bond donors (Lipinski definition) is 0. The van der Waals surface area contributed by atoms with Gasteiger partial charge in [-0.2, -0.15) is 0 Å². The Morgan fingerprint density at radius 3 is 3.04 bits per heavy atom. The molecule has 1 saturated carbocycles. The highest BCUT2D eigenvalue weighted by atomic mass is 16.6. The van der Waals surface area contributed by atoms with Crippen molar-refractivity contribution in [2.45, 2.75) is 37.8 Å². The fourth-order valence-corrected chi connectivity index (χ4v) is 2.88. The fraction of sp³-hybridized carbons (Fsp3) is 0.500. The second kappa shape index (κ2) is 5.98. The van der Waals surface area contributed by atoms with E-state index in [9.17, 15) is 4.79 Å². The Hall–Kier alpha value is -2.44. The van der Waals surface area contributed by atoms with Crippen LogP contribution in [0.4, 0.5) is 4.79 Å². The van der Waals surface area contributed by atoms with Crippen LogP contribution in [-0.4, -0.2) is 44.1 Å². The number of rotatable bonds is 4. The van der Waals surface area contributed by atoms with E-state index in [2.05, 4.69) is 15.3 Å². The van der Waals surface area contributed by atoms with Gasteiger partial charge in [0.05, 0.1) is 11.7 Å². The zero-order valence-electron chi connectivity index (χ0n) is 12.8. The zero-order valence-corrected chi connectivity index (χ0v) is 12.8. The smallest absolute Gasteiger partial charge is 0.410 e. The van der Waals surface area contributed by atoms with Crippen LogP contribution in [-0.2, 0) is 11.3 Å². The Morgan fingerprint density at radius 1 is 1.35 bits per heavy atom. The van der Waals surface area contributed by atoms with E-state index in [1.807, 2.05) is 23.0 Å². The molecule has 0 bridgehead atoms. The van der Waals surface area contributed by atoms with Crippen molar-refractivity contribution in [3.8, 4) is 0 Å². The van der Waals surface area contributed by atoms with Crippen LogP contribution in [0, 0.1) is 0 Å². The summed E-state index contributed by atoms with van der Waals surface area (Å²) in [6.45, 7) is 1.57. The summed E-state index contributed by atoms with van der Waals surface area (Å²) in [5, 5.41) is 8.47. The average Bonchev–Trinajstić information content (AvgIpc) is 3.12. The predicted octanol–water partition coefficient (Wildman–Crippen LogP) is 2.13. The minimum absolute atomic E-state index is 0.195. The third-order valence-electron chi connectivity index (χ3n) is 4.40. The van der Waals surface area contributed by atoms with Gasteiger partial charge in [0.2, 0.25) is 0 Å². The molecule has 2 aliphatic rings. The Kier molecular flexibility index (Phi) is 3.69. The first kappa shape index (κ1) is 14.2. The molecule has 0 N–H and O–H groups in total. The van der Waals surface area contributed by atoms with Gasteiger partial charge >= 0.3 is 6.09 Å². The van der Waals surface area contributed by atoms with E-state index >= 15 is 0 Å². The molecule has 1 unspecified atom stereocenters. The quantitative estimate of drug-likeness (QED) is 0.864. The molecule has 7 nitrogen and oxygen atoms in total. The van der Waals surface area contributed by atoms with Crippen molar-refractivity contribution in [3.63, 3.8) is 0 Å². The van der Waals surface area contributed by atoms with Gasteiger partial charge in [0.15, 0.2) is 0 Å². The van der Waals surface area contributed by atoms with Crippen molar-refractivity contribution >= 4 is 6.09 Å². The summed E-state index contributed by atoms with van der Waals surface area (Å²) in [4.78, 5) is 17.9. The van der Waals surface area contributed by atoms with Crippen molar-refractivity contribution in [2.75, 3.05) is 13.1 Å². The van der Waals surface area contributed by atoms with Crippen LogP contribution in [0.15, 0.2) is 30.7 Å². The van der Waals surface area contributed by atoms with Crippen LogP contribution in [0.1, 0.15) is 42.5 Å². The van der Waals surface area contributed by atoms with E-state index in [1.165, 1.54) is 12.8 Å². The molecule has 1 saturated heterocycles. The molecule has 3 heterocycles. The largest absolute Gasteiger partial charge is 0.444 e. The highest BCUT2D eigenvalue weighted by Crippen LogP contribution is 2.39. The van der Waals surface area contributed by atoms with E-state index in [4.69, 9.17) is 4.74 Å². The Morgan fingerprint density at radius 2 is 2.26 bits per heavy atom. The summed E-state index contributed by atoms with van der Waals surface area (Å²) in [5.41, 5.74) is 1.98. The van der Waals surface area contributed by atoms with Gasteiger partial charge in [0, 0.05) is 43.2 Å². The molecule has 120 valence electrons. The average molecular weight is 313 g/mol. The van der Waals surface area contributed by atoms with Crippen LogP contribution in [0.2, 0.25) is 0 Å². The molecule has 2 aromatic heterocycles. The molecule has 1 aliphatic heterocycles. The number of amides is 1. The molecule has 1 amide bonds. The van der Waals surface area contributed by atoms with Crippen LogP contribution in [0.3, 0.4) is 0 Å². The second-order valence-electron chi connectivity index (χ2n) is 6.20. The van der Waals surface area contributed by atoms with Gasteiger partial charge in [0.1, 0.15) is 6.61 Å². The van der Waals surface area contributed by atoms with E-state index in [-0.39, 0.29) is 18.7 Å². The number of ether oxygens (including phenoxy) is 1. The maximum Gasteiger partial charge on any atom is 0.410 e. The third kappa shape index (κ3) is 3.18. The van der Waals surface area contributed by atoms with Crippen LogP contribution in [0.5, 0.6) is 0 Å². The van der Waals surface area contributed by atoms with Crippen molar-refractivity contribution in [1.82, 2.24) is 24.9 Å². The SMILES string of the molecule is O=C(OCc1cccnc1)N1CCC(n2cc(C3CC3)nn2)C1. The van der Waals surface area contributed by atoms with Crippen molar-refractivity contribution < 1.29 is 9.53 Å². The summed E-state index contributed by atoms with van der Waals surface area (Å²) < 4.78 is 7.26. The monoisotopic (exact) mass is 313 g/mol. The Bertz CT molecular complexity index is 683. The maximum atomic E-state index is 12.2. The predicted molar refractivity (Wildman–Crippen MR) is 81.6 cm³/mol. The van der Waals surface area contributed by atoms with E-state index < -0.39 is 0 Å². The lowest BCUT2D eigenvalue weighted by Crippen LogP contribution is -2.29. The summed E-state index contributed by atoms with van der Waals surface area (Å²) in [6, 6.07) is 3.92. The number of pyridine rings is 1. The van der Waals surface area contributed by atoms with Gasteiger partial charge in [-0.1, -0.05) is 11.3 Å². The molecular formula is C16H19N5O2. The standard InChI is InChI=1S/C16H19N5O2/c22-16(23-11-12-2-1-6-17-8-12)20-7-5-14(9-20)21-10-15(18-19-21)13-3-4-13/h1-2,6,8,10,13-14H,3-5,7,9,11H2. The lowest BCUT2D eigenvalue weighted by atomic mass is 10.2. The topological polar surface area (TPSA) is 73.1 Å². The van der Waals surface area contributed by atoms with Crippen molar-refractivity contribution in [2.24, 2.45) is 0 Å². The van der Waals surface area contributed by atoms with Gasteiger partial charge in [-0.3, -0.25) is 4.98 Å². The lowest BCUT2D eigenvalue weighted by Gasteiger charge is -2.16. The van der Waals surface area contributed by atoms with Crippen molar-refractivity contribution in [1.29, 1.82) is 0 Å². The van der Waals surface area contributed by atoms with Crippen LogP contribution in [0.25, 0.3) is 0 Å². The second-order valence-corrected chi connectivity index (χ2v) is 6.20. The van der Waals surface area contributed by atoms with Gasteiger partial charge in [0.25, 0.3) is 0 Å². The highest BCUT2D eigenvalue weighted by Gasteiger charge is 2.31. The van der Waals surface area contributed by atoms with Gasteiger partial charge < -0.3 is 9.64 Å². The van der Waals surface area contributed by atoms with Crippen LogP contribution < -0.4 is 0 Å². The molecule has 1 atom stereocenters. The van der Waals surface area contributed by atoms with E-state index in [0.29, 0.717) is 19.0 Å². The number of likely N-dealkylation sites (tertiary alicyclic amines) is 1. The van der Waals surface area contributed by atoms with E-state index in [1.54, 1.807) is 17.3 Å². The minimum atomic E-state index is -0.279. The normalized spacial score (nSPS) is 20.7. The highest BCUT2D eigenvalue weighted by molar-refractivity contribution is 5.68. The minimum Gasteiger partial charge on any atom is -0.444 e. The maximum absolute atomic E-state index is 12.2. The Balaban J connectivity index is 1.31. The molecule has 0 spiro atoms. The van der Waals surface area contributed by atoms with Crippen molar-refractivity contribution in [3.05, 3.63) is 42.0 Å². The van der Waals surface area contributed by atoms with Gasteiger partial charge in [-0.15, -0.1) is 5.10 Å². The number of nitrogens with zero attached hydrogens (tertiary/aromatic N) is 5. The summed E-state index contributed by atoms with van der Waals surface area (Å²) >= 11 is 0. The first-order valence-electron chi connectivity index (χ1n) is 8.02. The molecule has 23 heavy (non-hydrogen) atoms. The number of hydrogen-bond acceptors (Lipinski definition) is 5. The summed E-state index contributed by atoms with van der Waals surface area (Å²) in [5.74, 6) is 0.603. The lowest BCUT2D eigenvalue weighted by molar-refractivity contribution is 0.103. The number of carbonyl (C=O) groups is 1. The summed E-state index contributed by atoms with van der Waals surface area (Å²) in [6.07, 6.45) is 8.48. The summed E-state index contributed by atoms with van der Waals surface area (Å²) in [7, 11) is 0. The van der Waals surface area contributed by atoms with Crippen LogP contribution >= 0.6 is 0 Å². The molecule has 0 aromatic carbocycles. The zero-order chi connectivity index (χ0) is 15.6. The first-order valence-corrected chi connectivity index (χ1v) is 8.02. The number of carbonyl (C=O) groups excluding carboxylic acids is 1.